The van der Waals surface area contributed by atoms with Crippen LogP contribution in [0.15, 0.2) is 83.8 Å². The molecule has 0 saturated heterocycles. The monoisotopic (exact) mass is 609 g/mol. The third-order valence-corrected chi connectivity index (χ3v) is 9.44. The standard InChI is InChI=1S/C33H40FN3O5S/c1-3-31(33(39)35-27-13-9-6-10-14-27)36(23-25-11-7-5-8-12-25)32(38)24-37(28-17-19-29(20-18-28)42-4-2)43(40,41)30-21-15-26(34)16-22-30/h5,7-8,11-12,15-22,27,31H,3-4,6,9-10,13-14,23-24H2,1-2H3,(H,35,39)/t31-/m1/s1. The molecule has 43 heavy (non-hydrogen) atoms. The summed E-state index contributed by atoms with van der Waals surface area (Å²) in [4.78, 5) is 29.1. The Balaban J connectivity index is 1.69. The predicted octanol–water partition coefficient (Wildman–Crippen LogP) is 5.68. The molecule has 0 spiro atoms. The molecule has 8 nitrogen and oxygen atoms in total. The molecule has 0 radical (unpaired) electrons. The number of anilines is 1. The molecule has 1 N–H and O–H groups in total. The summed E-state index contributed by atoms with van der Waals surface area (Å²) in [6.07, 6.45) is 5.39. The highest BCUT2D eigenvalue weighted by Gasteiger charge is 2.34. The second-order valence-corrected chi connectivity index (χ2v) is 12.5. The van der Waals surface area contributed by atoms with Gasteiger partial charge >= 0.3 is 0 Å². The van der Waals surface area contributed by atoms with Gasteiger partial charge in [0.1, 0.15) is 24.2 Å². The largest absolute Gasteiger partial charge is 0.494 e. The molecule has 3 aromatic carbocycles. The van der Waals surface area contributed by atoms with Crippen LogP contribution in [0.5, 0.6) is 5.75 Å². The van der Waals surface area contributed by atoms with Crippen LogP contribution in [0.1, 0.15) is 57.9 Å². The molecule has 1 fully saturated rings. The van der Waals surface area contributed by atoms with Crippen molar-refractivity contribution in [3.05, 3.63) is 90.2 Å². The summed E-state index contributed by atoms with van der Waals surface area (Å²) in [5, 5.41) is 3.14. The van der Waals surface area contributed by atoms with E-state index in [2.05, 4.69) is 5.32 Å². The van der Waals surface area contributed by atoms with Gasteiger partial charge in [-0.15, -0.1) is 0 Å². The fourth-order valence-corrected chi connectivity index (χ4v) is 6.80. The van der Waals surface area contributed by atoms with Crippen molar-refractivity contribution < 1.29 is 27.1 Å². The molecule has 1 saturated carbocycles. The van der Waals surface area contributed by atoms with Crippen molar-refractivity contribution in [2.24, 2.45) is 0 Å². The molecule has 230 valence electrons. The van der Waals surface area contributed by atoms with Gasteiger partial charge in [0.25, 0.3) is 10.0 Å². The van der Waals surface area contributed by atoms with Crippen LogP contribution >= 0.6 is 0 Å². The number of sulfonamides is 1. The zero-order valence-corrected chi connectivity index (χ0v) is 25.6. The van der Waals surface area contributed by atoms with E-state index < -0.39 is 34.3 Å². The fraction of sp³-hybridized carbons (Fsp3) is 0.394. The van der Waals surface area contributed by atoms with Crippen LogP contribution in [0.2, 0.25) is 0 Å². The average Bonchev–Trinajstić information content (AvgIpc) is 3.01. The number of hydrogen-bond acceptors (Lipinski definition) is 5. The molecule has 1 atom stereocenters. The summed E-state index contributed by atoms with van der Waals surface area (Å²) in [5.74, 6) is -0.805. The van der Waals surface area contributed by atoms with Crippen molar-refractivity contribution in [2.75, 3.05) is 17.5 Å². The number of ether oxygens (including phenoxy) is 1. The summed E-state index contributed by atoms with van der Waals surface area (Å²) >= 11 is 0. The van der Waals surface area contributed by atoms with Crippen LogP contribution in [0.25, 0.3) is 0 Å². The van der Waals surface area contributed by atoms with Gasteiger partial charge in [0.05, 0.1) is 17.2 Å². The Bertz CT molecular complexity index is 1440. The van der Waals surface area contributed by atoms with E-state index in [1.807, 2.05) is 44.2 Å². The highest BCUT2D eigenvalue weighted by Crippen LogP contribution is 2.27. The molecular weight excluding hydrogens is 569 g/mol. The minimum Gasteiger partial charge on any atom is -0.494 e. The third kappa shape index (κ3) is 8.34. The summed E-state index contributed by atoms with van der Waals surface area (Å²) < 4.78 is 48.1. The maximum atomic E-state index is 14.2. The van der Waals surface area contributed by atoms with E-state index in [1.54, 1.807) is 24.3 Å². The molecule has 1 aliphatic rings. The van der Waals surface area contributed by atoms with Gasteiger partial charge in [-0.3, -0.25) is 13.9 Å². The molecule has 4 rings (SSSR count). The fourth-order valence-electron chi connectivity index (χ4n) is 5.38. The first kappa shape index (κ1) is 32.0. The number of carbonyl (C=O) groups excluding carboxylic acids is 2. The second-order valence-electron chi connectivity index (χ2n) is 10.7. The number of nitrogens with one attached hydrogen (secondary N) is 1. The molecule has 1 aliphatic carbocycles. The quantitative estimate of drug-likeness (QED) is 0.269. The number of carbonyl (C=O) groups is 2. The molecule has 3 aromatic rings. The highest BCUT2D eigenvalue weighted by molar-refractivity contribution is 7.92. The lowest BCUT2D eigenvalue weighted by Crippen LogP contribution is -2.54. The van der Waals surface area contributed by atoms with Crippen LogP contribution in [-0.2, 0) is 26.2 Å². The zero-order chi connectivity index (χ0) is 30.8. The SMILES string of the molecule is CCOc1ccc(N(CC(=O)N(Cc2ccccc2)[C@H](CC)C(=O)NC2CCCCC2)S(=O)(=O)c2ccc(F)cc2)cc1. The number of benzene rings is 3. The normalized spacial score (nSPS) is 14.5. The van der Waals surface area contributed by atoms with Crippen LogP contribution in [0.4, 0.5) is 10.1 Å². The lowest BCUT2D eigenvalue weighted by atomic mass is 9.95. The first-order valence-electron chi connectivity index (χ1n) is 14.9. The maximum Gasteiger partial charge on any atom is 0.264 e. The Morgan fingerprint density at radius 3 is 2.19 bits per heavy atom. The Hall–Kier alpha value is -3.92. The Kier molecular flexibility index (Phi) is 11.2. The van der Waals surface area contributed by atoms with Crippen LogP contribution in [0, 0.1) is 5.82 Å². The van der Waals surface area contributed by atoms with Crippen LogP contribution in [0.3, 0.4) is 0 Å². The number of nitrogens with zero attached hydrogens (tertiary/aromatic N) is 2. The summed E-state index contributed by atoms with van der Waals surface area (Å²) in [5.41, 5.74) is 1.05. The Morgan fingerprint density at radius 1 is 0.930 bits per heavy atom. The lowest BCUT2D eigenvalue weighted by Gasteiger charge is -2.34. The minimum absolute atomic E-state index is 0.0585. The van der Waals surface area contributed by atoms with Crippen molar-refractivity contribution in [3.8, 4) is 5.75 Å². The molecule has 2 amide bonds. The molecule has 0 aromatic heterocycles. The van der Waals surface area contributed by atoms with Gasteiger partial charge in [-0.2, -0.15) is 0 Å². The van der Waals surface area contributed by atoms with Crippen LogP contribution in [-0.4, -0.2) is 50.4 Å². The first-order chi connectivity index (χ1) is 20.7. The van der Waals surface area contributed by atoms with Crippen LogP contribution < -0.4 is 14.4 Å². The summed E-state index contributed by atoms with van der Waals surface area (Å²) in [6.45, 7) is 3.69. The molecule has 0 aliphatic heterocycles. The molecule has 0 unspecified atom stereocenters. The topological polar surface area (TPSA) is 96.0 Å². The van der Waals surface area contributed by atoms with E-state index in [-0.39, 0.29) is 29.1 Å². The molecular formula is C33H40FN3O5S. The zero-order valence-electron chi connectivity index (χ0n) is 24.7. The number of rotatable bonds is 13. The van der Waals surface area contributed by atoms with Crippen molar-refractivity contribution in [2.45, 2.75) is 75.9 Å². The van der Waals surface area contributed by atoms with Crippen molar-refractivity contribution in [1.29, 1.82) is 0 Å². The van der Waals surface area contributed by atoms with Crippen molar-refractivity contribution >= 4 is 27.5 Å². The van der Waals surface area contributed by atoms with Crippen molar-refractivity contribution in [3.63, 3.8) is 0 Å². The van der Waals surface area contributed by atoms with Gasteiger partial charge in [-0.25, -0.2) is 12.8 Å². The van der Waals surface area contributed by atoms with Crippen molar-refractivity contribution in [1.82, 2.24) is 10.2 Å². The van der Waals surface area contributed by atoms with E-state index in [0.717, 1.165) is 54.1 Å². The Morgan fingerprint density at radius 2 is 1.58 bits per heavy atom. The molecule has 10 heteroatoms. The summed E-state index contributed by atoms with van der Waals surface area (Å²) in [7, 11) is -4.30. The smallest absolute Gasteiger partial charge is 0.264 e. The summed E-state index contributed by atoms with van der Waals surface area (Å²) in [6, 6.07) is 19.4. The lowest BCUT2D eigenvalue weighted by molar-refractivity contribution is -0.140. The van der Waals surface area contributed by atoms with Gasteiger partial charge in [0, 0.05) is 12.6 Å². The number of amides is 2. The van der Waals surface area contributed by atoms with E-state index in [9.17, 15) is 22.4 Å². The maximum absolute atomic E-state index is 14.2. The first-order valence-corrected chi connectivity index (χ1v) is 16.3. The van der Waals surface area contributed by atoms with E-state index in [1.165, 1.54) is 17.0 Å². The van der Waals surface area contributed by atoms with Gasteiger partial charge in [-0.1, -0.05) is 56.5 Å². The number of halogens is 1. The van der Waals surface area contributed by atoms with E-state index >= 15 is 0 Å². The minimum atomic E-state index is -4.30. The number of hydrogen-bond donors (Lipinski definition) is 1. The second kappa shape index (κ2) is 15.0. The highest BCUT2D eigenvalue weighted by atomic mass is 32.2. The molecule has 0 heterocycles. The van der Waals surface area contributed by atoms with Gasteiger partial charge in [0.2, 0.25) is 11.8 Å². The van der Waals surface area contributed by atoms with E-state index in [0.29, 0.717) is 18.8 Å². The average molecular weight is 610 g/mol. The van der Waals surface area contributed by atoms with Gasteiger partial charge < -0.3 is 15.0 Å². The van der Waals surface area contributed by atoms with Gasteiger partial charge in [-0.05, 0) is 80.3 Å². The predicted molar refractivity (Wildman–Crippen MR) is 165 cm³/mol. The molecule has 0 bridgehead atoms. The van der Waals surface area contributed by atoms with E-state index in [4.69, 9.17) is 4.74 Å². The third-order valence-electron chi connectivity index (χ3n) is 7.65. The van der Waals surface area contributed by atoms with Gasteiger partial charge in [0.15, 0.2) is 0 Å². The Labute approximate surface area is 253 Å².